The molecule has 0 unspecified atom stereocenters. The van der Waals surface area contributed by atoms with E-state index in [1.54, 1.807) is 4.68 Å². The number of hydrogen-bond acceptors (Lipinski definition) is 4. The molecule has 0 aliphatic rings. The van der Waals surface area contributed by atoms with Gasteiger partial charge in [0.05, 0.1) is 11.7 Å². The molecule has 0 radical (unpaired) electrons. The summed E-state index contributed by atoms with van der Waals surface area (Å²) in [7, 11) is 0. The molecule has 0 saturated heterocycles. The van der Waals surface area contributed by atoms with Gasteiger partial charge < -0.3 is 5.32 Å². The van der Waals surface area contributed by atoms with Crippen molar-refractivity contribution in [3.8, 4) is 5.95 Å². The molecule has 2 aromatic heterocycles. The minimum absolute atomic E-state index is 0.615. The zero-order valence-electron chi connectivity index (χ0n) is 11.7. The molecule has 3 aromatic rings. The first-order valence-corrected chi connectivity index (χ1v) is 6.76. The van der Waals surface area contributed by atoms with Crippen LogP contribution >= 0.6 is 0 Å². The first-order chi connectivity index (χ1) is 9.79. The average molecular weight is 267 g/mol. The normalized spacial score (nSPS) is 11.1. The maximum atomic E-state index is 4.57. The van der Waals surface area contributed by atoms with E-state index in [-0.39, 0.29) is 0 Å². The fraction of sp³-hybridized carbons (Fsp3) is 0.267. The summed E-state index contributed by atoms with van der Waals surface area (Å²) < 4.78 is 1.78. The predicted octanol–water partition coefficient (Wildman–Crippen LogP) is 2.23. The number of nitrogens with zero attached hydrogens (tertiary/aromatic N) is 4. The van der Waals surface area contributed by atoms with Crippen LogP contribution in [0.15, 0.2) is 36.7 Å². The van der Waals surface area contributed by atoms with Crippen LogP contribution in [-0.2, 0) is 6.54 Å². The van der Waals surface area contributed by atoms with Gasteiger partial charge in [-0.15, -0.1) is 0 Å². The largest absolute Gasteiger partial charge is 0.313 e. The Balaban J connectivity index is 2.00. The van der Waals surface area contributed by atoms with Crippen LogP contribution in [0.3, 0.4) is 0 Å². The summed E-state index contributed by atoms with van der Waals surface area (Å²) >= 11 is 0. The van der Waals surface area contributed by atoms with Gasteiger partial charge in [-0.1, -0.05) is 25.1 Å². The van der Waals surface area contributed by atoms with Crippen molar-refractivity contribution in [3.05, 3.63) is 47.9 Å². The van der Waals surface area contributed by atoms with E-state index < -0.39 is 0 Å². The standard InChI is InChI=1S/C15H17N5/c1-3-16-8-13-9-17-15(19-11(13)2)20-14-7-5-4-6-12(14)10-18-20/h4-7,9-10,16H,3,8H2,1-2H3. The van der Waals surface area contributed by atoms with Gasteiger partial charge in [-0.05, 0) is 19.5 Å². The summed E-state index contributed by atoms with van der Waals surface area (Å²) in [5, 5.41) is 8.75. The molecule has 0 aliphatic carbocycles. The van der Waals surface area contributed by atoms with Gasteiger partial charge in [0.25, 0.3) is 5.95 Å². The summed E-state index contributed by atoms with van der Waals surface area (Å²) in [5.74, 6) is 0.615. The number of aromatic nitrogens is 4. The highest BCUT2D eigenvalue weighted by Gasteiger charge is 2.08. The maximum Gasteiger partial charge on any atom is 0.251 e. The van der Waals surface area contributed by atoms with Gasteiger partial charge in [0, 0.05) is 29.4 Å². The smallest absolute Gasteiger partial charge is 0.251 e. The van der Waals surface area contributed by atoms with Gasteiger partial charge in [-0.25, -0.2) is 9.97 Å². The van der Waals surface area contributed by atoms with Crippen LogP contribution in [0.2, 0.25) is 0 Å². The van der Waals surface area contributed by atoms with E-state index in [2.05, 4.69) is 27.3 Å². The highest BCUT2D eigenvalue weighted by molar-refractivity contribution is 5.79. The fourth-order valence-corrected chi connectivity index (χ4v) is 2.15. The van der Waals surface area contributed by atoms with Gasteiger partial charge in [-0.3, -0.25) is 0 Å². The van der Waals surface area contributed by atoms with Crippen LogP contribution in [-0.4, -0.2) is 26.3 Å². The van der Waals surface area contributed by atoms with Gasteiger partial charge in [0.15, 0.2) is 0 Å². The second kappa shape index (κ2) is 5.38. The maximum absolute atomic E-state index is 4.57. The second-order valence-corrected chi connectivity index (χ2v) is 4.68. The lowest BCUT2D eigenvalue weighted by atomic mass is 10.2. The Labute approximate surface area is 117 Å². The number of fused-ring (bicyclic) bond motifs is 1. The molecule has 2 heterocycles. The van der Waals surface area contributed by atoms with Crippen molar-refractivity contribution in [2.45, 2.75) is 20.4 Å². The molecule has 1 aromatic carbocycles. The summed E-state index contributed by atoms with van der Waals surface area (Å²) in [6, 6.07) is 8.05. The van der Waals surface area contributed by atoms with Crippen LogP contribution in [0.4, 0.5) is 0 Å². The fourth-order valence-electron chi connectivity index (χ4n) is 2.15. The Morgan fingerprint density at radius 3 is 2.85 bits per heavy atom. The highest BCUT2D eigenvalue weighted by Crippen LogP contribution is 2.16. The first kappa shape index (κ1) is 12.7. The number of rotatable bonds is 4. The third-order valence-electron chi connectivity index (χ3n) is 3.30. The van der Waals surface area contributed by atoms with E-state index in [4.69, 9.17) is 0 Å². The molecule has 0 bridgehead atoms. The van der Waals surface area contributed by atoms with Crippen molar-refractivity contribution in [1.82, 2.24) is 25.1 Å². The van der Waals surface area contributed by atoms with Crippen molar-refractivity contribution in [2.75, 3.05) is 6.54 Å². The Kier molecular flexibility index (Phi) is 3.43. The van der Waals surface area contributed by atoms with E-state index in [1.165, 1.54) is 0 Å². The molecular weight excluding hydrogens is 250 g/mol. The van der Waals surface area contributed by atoms with Gasteiger partial charge in [0.1, 0.15) is 0 Å². The van der Waals surface area contributed by atoms with Crippen molar-refractivity contribution in [1.29, 1.82) is 0 Å². The molecule has 0 spiro atoms. The van der Waals surface area contributed by atoms with E-state index in [0.29, 0.717) is 5.95 Å². The summed E-state index contributed by atoms with van der Waals surface area (Å²) in [6.07, 6.45) is 3.71. The molecule has 0 amide bonds. The lowest BCUT2D eigenvalue weighted by Gasteiger charge is -2.07. The average Bonchev–Trinajstić information content (AvgIpc) is 2.90. The Morgan fingerprint density at radius 1 is 1.20 bits per heavy atom. The Hall–Kier alpha value is -2.27. The third kappa shape index (κ3) is 2.28. The number of para-hydroxylation sites is 1. The molecule has 102 valence electrons. The number of hydrogen-bond donors (Lipinski definition) is 1. The number of nitrogens with one attached hydrogen (secondary N) is 1. The molecule has 0 atom stereocenters. The van der Waals surface area contributed by atoms with Gasteiger partial charge >= 0.3 is 0 Å². The van der Waals surface area contributed by atoms with Crippen molar-refractivity contribution >= 4 is 10.9 Å². The van der Waals surface area contributed by atoms with Crippen LogP contribution < -0.4 is 5.32 Å². The summed E-state index contributed by atoms with van der Waals surface area (Å²) in [6.45, 7) is 5.82. The zero-order chi connectivity index (χ0) is 13.9. The first-order valence-electron chi connectivity index (χ1n) is 6.76. The van der Waals surface area contributed by atoms with Crippen molar-refractivity contribution in [3.63, 3.8) is 0 Å². The highest BCUT2D eigenvalue weighted by atomic mass is 15.3. The van der Waals surface area contributed by atoms with E-state index in [9.17, 15) is 0 Å². The van der Waals surface area contributed by atoms with Gasteiger partial charge in [-0.2, -0.15) is 9.78 Å². The minimum atomic E-state index is 0.615. The SMILES string of the molecule is CCNCc1cnc(-n2ncc3ccccc32)nc1C. The Morgan fingerprint density at radius 2 is 2.05 bits per heavy atom. The lowest BCUT2D eigenvalue weighted by Crippen LogP contribution is -2.14. The molecule has 0 fully saturated rings. The van der Waals surface area contributed by atoms with Crippen LogP contribution in [0.25, 0.3) is 16.9 Å². The number of aryl methyl sites for hydroxylation is 1. The minimum Gasteiger partial charge on any atom is -0.313 e. The lowest BCUT2D eigenvalue weighted by molar-refractivity contribution is 0.710. The molecule has 0 saturated carbocycles. The quantitative estimate of drug-likeness (QED) is 0.787. The molecule has 5 nitrogen and oxygen atoms in total. The monoisotopic (exact) mass is 267 g/mol. The van der Waals surface area contributed by atoms with E-state index in [1.807, 2.05) is 43.6 Å². The Bertz CT molecular complexity index is 732. The van der Waals surface area contributed by atoms with Crippen molar-refractivity contribution in [2.24, 2.45) is 0 Å². The summed E-state index contributed by atoms with van der Waals surface area (Å²) in [5.41, 5.74) is 3.12. The predicted molar refractivity (Wildman–Crippen MR) is 78.8 cm³/mol. The number of benzene rings is 1. The van der Waals surface area contributed by atoms with Gasteiger partial charge in [0.2, 0.25) is 0 Å². The molecule has 20 heavy (non-hydrogen) atoms. The van der Waals surface area contributed by atoms with E-state index >= 15 is 0 Å². The zero-order valence-corrected chi connectivity index (χ0v) is 11.7. The topological polar surface area (TPSA) is 55.6 Å². The molecular formula is C15H17N5. The molecule has 0 aliphatic heterocycles. The van der Waals surface area contributed by atoms with E-state index in [0.717, 1.165) is 35.2 Å². The van der Waals surface area contributed by atoms with Crippen LogP contribution in [0.1, 0.15) is 18.2 Å². The molecule has 5 heteroatoms. The second-order valence-electron chi connectivity index (χ2n) is 4.68. The molecule has 1 N–H and O–H groups in total. The molecule has 3 rings (SSSR count). The van der Waals surface area contributed by atoms with Crippen LogP contribution in [0, 0.1) is 6.92 Å². The summed E-state index contributed by atoms with van der Waals surface area (Å²) in [4.78, 5) is 9.00. The third-order valence-corrected chi connectivity index (χ3v) is 3.30. The van der Waals surface area contributed by atoms with Crippen LogP contribution in [0.5, 0.6) is 0 Å². The van der Waals surface area contributed by atoms with Crippen molar-refractivity contribution < 1.29 is 0 Å².